The summed E-state index contributed by atoms with van der Waals surface area (Å²) in [4.78, 5) is 2.10. The number of nitrogens with zero attached hydrogens (tertiary/aromatic N) is 2. The third-order valence-electron chi connectivity index (χ3n) is 3.66. The fourth-order valence-corrected chi connectivity index (χ4v) is 2.66. The van der Waals surface area contributed by atoms with E-state index in [0.717, 1.165) is 24.3 Å². The second kappa shape index (κ2) is 4.86. The summed E-state index contributed by atoms with van der Waals surface area (Å²) >= 11 is 0. The molecule has 100 valence electrons. The number of hydrogen-bond donors (Lipinski definition) is 1. The quantitative estimate of drug-likeness (QED) is 0.808. The third-order valence-corrected chi connectivity index (χ3v) is 3.66. The van der Waals surface area contributed by atoms with Gasteiger partial charge in [-0.25, -0.2) is 4.39 Å². The Bertz CT molecular complexity index is 703. The number of rotatable bonds is 1. The van der Waals surface area contributed by atoms with Crippen LogP contribution < -0.4 is 10.6 Å². The fourth-order valence-electron chi connectivity index (χ4n) is 2.66. The molecule has 0 aromatic heterocycles. The first-order chi connectivity index (χ1) is 9.67. The van der Waals surface area contributed by atoms with Crippen molar-refractivity contribution < 1.29 is 4.39 Å². The second-order valence-corrected chi connectivity index (χ2v) is 4.97. The summed E-state index contributed by atoms with van der Waals surface area (Å²) in [5, 5.41) is 9.15. The van der Waals surface area contributed by atoms with Crippen LogP contribution in [0, 0.1) is 17.1 Å². The molecule has 0 radical (unpaired) electrons. The molecule has 1 aliphatic rings. The van der Waals surface area contributed by atoms with Crippen molar-refractivity contribution in [2.45, 2.75) is 13.0 Å². The van der Waals surface area contributed by atoms with Gasteiger partial charge in [0.1, 0.15) is 11.9 Å². The number of anilines is 2. The minimum Gasteiger partial charge on any atom is -0.399 e. The number of benzene rings is 2. The molecule has 0 fully saturated rings. The van der Waals surface area contributed by atoms with Crippen LogP contribution in [-0.4, -0.2) is 6.54 Å². The van der Waals surface area contributed by atoms with Gasteiger partial charge in [-0.3, -0.25) is 0 Å². The van der Waals surface area contributed by atoms with Crippen molar-refractivity contribution in [3.8, 4) is 6.07 Å². The molecule has 0 aliphatic carbocycles. The van der Waals surface area contributed by atoms with Crippen LogP contribution in [0.5, 0.6) is 0 Å². The van der Waals surface area contributed by atoms with Gasteiger partial charge in [-0.05, 0) is 47.9 Å². The summed E-state index contributed by atoms with van der Waals surface area (Å²) in [6.45, 7) is 1.51. The van der Waals surface area contributed by atoms with E-state index in [1.54, 1.807) is 6.07 Å². The van der Waals surface area contributed by atoms with Crippen LogP contribution >= 0.6 is 0 Å². The molecule has 3 nitrogen and oxygen atoms in total. The first-order valence-corrected chi connectivity index (χ1v) is 6.49. The van der Waals surface area contributed by atoms with Gasteiger partial charge in [0.25, 0.3) is 0 Å². The van der Waals surface area contributed by atoms with Crippen LogP contribution in [-0.2, 0) is 13.0 Å². The van der Waals surface area contributed by atoms with Crippen LogP contribution in [0.15, 0.2) is 36.4 Å². The molecule has 0 unspecified atom stereocenters. The van der Waals surface area contributed by atoms with E-state index < -0.39 is 0 Å². The van der Waals surface area contributed by atoms with E-state index in [1.807, 2.05) is 12.1 Å². The van der Waals surface area contributed by atoms with Gasteiger partial charge >= 0.3 is 0 Å². The molecule has 4 heteroatoms. The highest BCUT2D eigenvalue weighted by molar-refractivity contribution is 5.61. The average molecular weight is 267 g/mol. The Balaban J connectivity index is 1.96. The van der Waals surface area contributed by atoms with Crippen LogP contribution in [0.25, 0.3) is 0 Å². The number of hydrogen-bond acceptors (Lipinski definition) is 3. The maximum absolute atomic E-state index is 13.2. The number of nitrogens with two attached hydrogens (primary N) is 1. The summed E-state index contributed by atoms with van der Waals surface area (Å²) in [6, 6.07) is 12.3. The van der Waals surface area contributed by atoms with Gasteiger partial charge in [0, 0.05) is 18.8 Å². The standard InChI is InChI=1S/C16H14FN3/c17-14-2-4-16(12(7-14)9-18)20-6-5-11-1-3-15(19)8-13(11)10-20/h1-4,7-8H,5-6,10,19H2. The minimum atomic E-state index is -0.382. The van der Waals surface area contributed by atoms with Gasteiger partial charge in [-0.15, -0.1) is 0 Å². The van der Waals surface area contributed by atoms with E-state index in [1.165, 1.54) is 23.3 Å². The molecule has 0 saturated heterocycles. The summed E-state index contributed by atoms with van der Waals surface area (Å²) < 4.78 is 13.2. The molecule has 2 aromatic carbocycles. The van der Waals surface area contributed by atoms with Crippen LogP contribution in [0.1, 0.15) is 16.7 Å². The van der Waals surface area contributed by atoms with Crippen LogP contribution in [0.3, 0.4) is 0 Å². The molecule has 0 bridgehead atoms. The molecule has 1 aliphatic heterocycles. The highest BCUT2D eigenvalue weighted by Gasteiger charge is 2.19. The zero-order valence-corrected chi connectivity index (χ0v) is 10.9. The average Bonchev–Trinajstić information content (AvgIpc) is 2.46. The Hall–Kier alpha value is -2.54. The highest BCUT2D eigenvalue weighted by atomic mass is 19.1. The minimum absolute atomic E-state index is 0.373. The zero-order chi connectivity index (χ0) is 14.1. The van der Waals surface area contributed by atoms with Crippen molar-refractivity contribution in [3.63, 3.8) is 0 Å². The maximum Gasteiger partial charge on any atom is 0.124 e. The molecule has 0 atom stereocenters. The molecule has 3 rings (SSSR count). The predicted octanol–water partition coefficient (Wildman–Crippen LogP) is 2.84. The van der Waals surface area contributed by atoms with Gasteiger partial charge in [0.2, 0.25) is 0 Å². The fraction of sp³-hybridized carbons (Fsp3) is 0.188. The van der Waals surface area contributed by atoms with Gasteiger partial charge in [-0.2, -0.15) is 5.26 Å². The lowest BCUT2D eigenvalue weighted by Gasteiger charge is -2.31. The van der Waals surface area contributed by atoms with E-state index in [0.29, 0.717) is 12.1 Å². The SMILES string of the molecule is N#Cc1cc(F)ccc1N1CCc2ccc(N)cc2C1. The lowest BCUT2D eigenvalue weighted by Crippen LogP contribution is -2.31. The van der Waals surface area contributed by atoms with Crippen molar-refractivity contribution in [1.82, 2.24) is 0 Å². The first kappa shape index (κ1) is 12.5. The lowest BCUT2D eigenvalue weighted by molar-refractivity contribution is 0.626. The van der Waals surface area contributed by atoms with Gasteiger partial charge in [-0.1, -0.05) is 6.07 Å². The summed E-state index contributed by atoms with van der Waals surface area (Å²) in [5.74, 6) is -0.382. The number of nitrogen functional groups attached to an aromatic ring is 1. The molecule has 0 amide bonds. The second-order valence-electron chi connectivity index (χ2n) is 4.97. The van der Waals surface area contributed by atoms with E-state index in [2.05, 4.69) is 17.0 Å². The highest BCUT2D eigenvalue weighted by Crippen LogP contribution is 2.28. The van der Waals surface area contributed by atoms with Gasteiger partial charge in [0.15, 0.2) is 0 Å². The smallest absolute Gasteiger partial charge is 0.124 e. The summed E-state index contributed by atoms with van der Waals surface area (Å²) in [6.07, 6.45) is 0.901. The van der Waals surface area contributed by atoms with Gasteiger partial charge < -0.3 is 10.6 Å². The molecular formula is C16H14FN3. The monoisotopic (exact) mass is 267 g/mol. The van der Waals surface area contributed by atoms with Crippen molar-refractivity contribution in [3.05, 3.63) is 58.9 Å². The maximum atomic E-state index is 13.2. The third kappa shape index (κ3) is 2.19. The topological polar surface area (TPSA) is 53.0 Å². The summed E-state index contributed by atoms with van der Waals surface area (Å²) in [7, 11) is 0. The molecule has 2 N–H and O–H groups in total. The predicted molar refractivity (Wildman–Crippen MR) is 76.7 cm³/mol. The number of fused-ring (bicyclic) bond motifs is 1. The Morgan fingerprint density at radius 3 is 2.80 bits per heavy atom. The largest absolute Gasteiger partial charge is 0.399 e. The number of nitriles is 1. The Labute approximate surface area is 117 Å². The van der Waals surface area contributed by atoms with Gasteiger partial charge in [0.05, 0.1) is 11.3 Å². The van der Waals surface area contributed by atoms with Crippen molar-refractivity contribution in [2.24, 2.45) is 0 Å². The first-order valence-electron chi connectivity index (χ1n) is 6.49. The summed E-state index contributed by atoms with van der Waals surface area (Å²) in [5.41, 5.74) is 10.2. The van der Waals surface area contributed by atoms with Crippen LogP contribution in [0.4, 0.5) is 15.8 Å². The zero-order valence-electron chi connectivity index (χ0n) is 10.9. The molecule has 0 spiro atoms. The molecular weight excluding hydrogens is 253 g/mol. The number of halogens is 1. The van der Waals surface area contributed by atoms with Crippen molar-refractivity contribution >= 4 is 11.4 Å². The van der Waals surface area contributed by atoms with E-state index in [4.69, 9.17) is 11.0 Å². The van der Waals surface area contributed by atoms with E-state index >= 15 is 0 Å². The Kier molecular flexibility index (Phi) is 3.03. The molecule has 1 heterocycles. The molecule has 20 heavy (non-hydrogen) atoms. The van der Waals surface area contributed by atoms with Crippen molar-refractivity contribution in [2.75, 3.05) is 17.2 Å². The van der Waals surface area contributed by atoms with Crippen molar-refractivity contribution in [1.29, 1.82) is 5.26 Å². The normalized spacial score (nSPS) is 13.7. The molecule has 0 saturated carbocycles. The lowest BCUT2D eigenvalue weighted by atomic mass is 9.98. The van der Waals surface area contributed by atoms with Crippen LogP contribution in [0.2, 0.25) is 0 Å². The van der Waals surface area contributed by atoms with E-state index in [-0.39, 0.29) is 5.82 Å². The van der Waals surface area contributed by atoms with E-state index in [9.17, 15) is 4.39 Å². The molecule has 2 aromatic rings. The Morgan fingerprint density at radius 1 is 1.15 bits per heavy atom. The Morgan fingerprint density at radius 2 is 2.00 bits per heavy atom.